The summed E-state index contributed by atoms with van der Waals surface area (Å²) in [7, 11) is 0. The summed E-state index contributed by atoms with van der Waals surface area (Å²) in [4.78, 5) is 11.7. The van der Waals surface area contributed by atoms with Crippen molar-refractivity contribution in [3.63, 3.8) is 0 Å². The number of rotatable bonds is 5. The predicted octanol–water partition coefficient (Wildman–Crippen LogP) is 3.01. The van der Waals surface area contributed by atoms with Crippen molar-refractivity contribution in [2.45, 2.75) is 12.5 Å². The van der Waals surface area contributed by atoms with Crippen molar-refractivity contribution in [1.82, 2.24) is 0 Å². The molecule has 6 heteroatoms. The molecule has 1 rings (SSSR count). The Labute approximate surface area is 115 Å². The van der Waals surface area contributed by atoms with Gasteiger partial charge in [0.1, 0.15) is 0 Å². The van der Waals surface area contributed by atoms with Crippen LogP contribution in [0.3, 0.4) is 0 Å². The standard InChI is InChI=1S/C11H14Cl2N2OS/c1-17-5-4-10(14)11(16)15-7-2-3-8(12)9(13)6-7/h2-3,6,10H,4-5,14H2,1H3,(H,15,16). The molecule has 94 valence electrons. The maximum atomic E-state index is 11.7. The summed E-state index contributed by atoms with van der Waals surface area (Å²) in [5, 5.41) is 3.56. The average molecular weight is 293 g/mol. The number of hydrogen-bond donors (Lipinski definition) is 2. The van der Waals surface area contributed by atoms with Gasteiger partial charge in [-0.1, -0.05) is 23.2 Å². The fourth-order valence-corrected chi connectivity index (χ4v) is 1.97. The van der Waals surface area contributed by atoms with Gasteiger partial charge in [-0.2, -0.15) is 11.8 Å². The lowest BCUT2D eigenvalue weighted by molar-refractivity contribution is -0.117. The molecular weight excluding hydrogens is 279 g/mol. The van der Waals surface area contributed by atoms with Gasteiger partial charge in [0.2, 0.25) is 5.91 Å². The lowest BCUT2D eigenvalue weighted by atomic mass is 10.2. The molecule has 3 nitrogen and oxygen atoms in total. The van der Waals surface area contributed by atoms with Gasteiger partial charge in [-0.05, 0) is 36.6 Å². The van der Waals surface area contributed by atoms with Crippen LogP contribution in [0.15, 0.2) is 18.2 Å². The first-order valence-electron chi connectivity index (χ1n) is 5.05. The van der Waals surface area contributed by atoms with Gasteiger partial charge in [-0.3, -0.25) is 4.79 Å². The Hall–Kier alpha value is -0.420. The molecule has 0 saturated heterocycles. The smallest absolute Gasteiger partial charge is 0.241 e. The number of benzene rings is 1. The third-order valence-corrected chi connectivity index (χ3v) is 3.54. The second-order valence-electron chi connectivity index (χ2n) is 3.51. The van der Waals surface area contributed by atoms with E-state index in [1.807, 2.05) is 6.26 Å². The first-order chi connectivity index (χ1) is 8.04. The molecule has 3 N–H and O–H groups in total. The van der Waals surface area contributed by atoms with Crippen molar-refractivity contribution >= 4 is 46.6 Å². The minimum absolute atomic E-state index is 0.211. The number of thioether (sulfide) groups is 1. The zero-order valence-electron chi connectivity index (χ0n) is 9.37. The fraction of sp³-hybridized carbons (Fsp3) is 0.364. The lowest BCUT2D eigenvalue weighted by Crippen LogP contribution is -2.36. The van der Waals surface area contributed by atoms with Gasteiger partial charge in [0.05, 0.1) is 16.1 Å². The van der Waals surface area contributed by atoms with E-state index < -0.39 is 6.04 Å². The van der Waals surface area contributed by atoms with Crippen molar-refractivity contribution in [3.8, 4) is 0 Å². The van der Waals surface area contributed by atoms with Crippen LogP contribution in [0.4, 0.5) is 5.69 Å². The summed E-state index contributed by atoms with van der Waals surface area (Å²) in [5.74, 6) is 0.646. The highest BCUT2D eigenvalue weighted by Gasteiger charge is 2.13. The second kappa shape index (κ2) is 7.11. The van der Waals surface area contributed by atoms with E-state index in [9.17, 15) is 4.79 Å². The Balaban J connectivity index is 2.58. The molecule has 17 heavy (non-hydrogen) atoms. The molecule has 0 spiro atoms. The summed E-state index contributed by atoms with van der Waals surface area (Å²) < 4.78 is 0. The molecule has 0 aliphatic heterocycles. The Morgan fingerprint density at radius 3 is 2.76 bits per heavy atom. The summed E-state index contributed by atoms with van der Waals surface area (Å²) in [5.41, 5.74) is 6.34. The monoisotopic (exact) mass is 292 g/mol. The quantitative estimate of drug-likeness (QED) is 0.877. The Bertz CT molecular complexity index is 401. The highest BCUT2D eigenvalue weighted by atomic mass is 35.5. The summed E-state index contributed by atoms with van der Waals surface area (Å²) in [6.45, 7) is 0. The van der Waals surface area contributed by atoms with Crippen molar-refractivity contribution in [1.29, 1.82) is 0 Å². The summed E-state index contributed by atoms with van der Waals surface area (Å²) in [6.07, 6.45) is 2.62. The number of amides is 1. The van der Waals surface area contributed by atoms with E-state index >= 15 is 0 Å². The average Bonchev–Trinajstić information content (AvgIpc) is 2.30. The van der Waals surface area contributed by atoms with E-state index in [0.29, 0.717) is 22.2 Å². The van der Waals surface area contributed by atoms with Crippen LogP contribution in [0.25, 0.3) is 0 Å². The number of nitrogens with one attached hydrogen (secondary N) is 1. The molecule has 0 bridgehead atoms. The minimum Gasteiger partial charge on any atom is -0.325 e. The molecule has 1 aromatic carbocycles. The first-order valence-corrected chi connectivity index (χ1v) is 7.20. The molecule has 0 saturated carbocycles. The molecule has 1 unspecified atom stereocenters. The second-order valence-corrected chi connectivity index (χ2v) is 5.31. The topological polar surface area (TPSA) is 55.1 Å². The van der Waals surface area contributed by atoms with Crippen molar-refractivity contribution in [2.75, 3.05) is 17.3 Å². The Kier molecular flexibility index (Phi) is 6.12. The van der Waals surface area contributed by atoms with E-state index in [4.69, 9.17) is 28.9 Å². The van der Waals surface area contributed by atoms with E-state index in [1.54, 1.807) is 30.0 Å². The van der Waals surface area contributed by atoms with Crippen LogP contribution in [0, 0.1) is 0 Å². The minimum atomic E-state index is -0.503. The normalized spacial score (nSPS) is 12.2. The molecule has 1 aromatic rings. The third-order valence-electron chi connectivity index (χ3n) is 2.16. The molecule has 1 amide bonds. The molecule has 0 fully saturated rings. The largest absolute Gasteiger partial charge is 0.325 e. The zero-order valence-corrected chi connectivity index (χ0v) is 11.7. The van der Waals surface area contributed by atoms with Gasteiger partial charge in [0.25, 0.3) is 0 Å². The zero-order chi connectivity index (χ0) is 12.8. The lowest BCUT2D eigenvalue weighted by Gasteiger charge is -2.12. The summed E-state index contributed by atoms with van der Waals surface area (Å²) >= 11 is 13.3. The van der Waals surface area contributed by atoms with Crippen LogP contribution in [0.5, 0.6) is 0 Å². The molecule has 0 aliphatic carbocycles. The number of carbonyl (C=O) groups excluding carboxylic acids is 1. The fourth-order valence-electron chi connectivity index (χ4n) is 1.18. The van der Waals surface area contributed by atoms with Crippen molar-refractivity contribution in [3.05, 3.63) is 28.2 Å². The van der Waals surface area contributed by atoms with Gasteiger partial charge < -0.3 is 11.1 Å². The van der Waals surface area contributed by atoms with E-state index in [-0.39, 0.29) is 5.91 Å². The van der Waals surface area contributed by atoms with E-state index in [0.717, 1.165) is 5.75 Å². The number of nitrogens with two attached hydrogens (primary N) is 1. The number of hydrogen-bond acceptors (Lipinski definition) is 3. The Morgan fingerprint density at radius 2 is 2.18 bits per heavy atom. The van der Waals surface area contributed by atoms with E-state index in [1.165, 1.54) is 0 Å². The maximum Gasteiger partial charge on any atom is 0.241 e. The Morgan fingerprint density at radius 1 is 1.47 bits per heavy atom. The van der Waals surface area contributed by atoms with Gasteiger partial charge in [0.15, 0.2) is 0 Å². The molecule has 0 aliphatic rings. The van der Waals surface area contributed by atoms with Crippen LogP contribution in [-0.4, -0.2) is 24.0 Å². The SMILES string of the molecule is CSCCC(N)C(=O)Nc1ccc(Cl)c(Cl)c1. The molecule has 0 aromatic heterocycles. The number of carbonyl (C=O) groups is 1. The van der Waals surface area contributed by atoms with Gasteiger partial charge in [-0.15, -0.1) is 0 Å². The highest BCUT2D eigenvalue weighted by molar-refractivity contribution is 7.98. The van der Waals surface area contributed by atoms with E-state index in [2.05, 4.69) is 5.32 Å². The third kappa shape index (κ3) is 4.76. The van der Waals surface area contributed by atoms with Crippen molar-refractivity contribution < 1.29 is 4.79 Å². The number of anilines is 1. The molecule has 1 atom stereocenters. The molecule has 0 heterocycles. The number of halogens is 2. The maximum absolute atomic E-state index is 11.7. The van der Waals surface area contributed by atoms with Crippen LogP contribution >= 0.6 is 35.0 Å². The molecular formula is C11H14Cl2N2OS. The van der Waals surface area contributed by atoms with Gasteiger partial charge in [0, 0.05) is 5.69 Å². The predicted molar refractivity (Wildman–Crippen MR) is 76.1 cm³/mol. The summed E-state index contributed by atoms with van der Waals surface area (Å²) in [6, 6.07) is 4.42. The van der Waals surface area contributed by atoms with Gasteiger partial charge >= 0.3 is 0 Å². The highest BCUT2D eigenvalue weighted by Crippen LogP contribution is 2.25. The molecule has 0 radical (unpaired) electrons. The van der Waals surface area contributed by atoms with Crippen LogP contribution in [-0.2, 0) is 4.79 Å². The van der Waals surface area contributed by atoms with Crippen LogP contribution < -0.4 is 11.1 Å². The first kappa shape index (κ1) is 14.6. The van der Waals surface area contributed by atoms with Gasteiger partial charge in [-0.25, -0.2) is 0 Å². The van der Waals surface area contributed by atoms with Crippen LogP contribution in [0.1, 0.15) is 6.42 Å². The van der Waals surface area contributed by atoms with Crippen molar-refractivity contribution in [2.24, 2.45) is 5.73 Å². The van der Waals surface area contributed by atoms with Crippen LogP contribution in [0.2, 0.25) is 10.0 Å².